The molecule has 132 valence electrons. The van der Waals surface area contributed by atoms with E-state index in [2.05, 4.69) is 29.6 Å². The summed E-state index contributed by atoms with van der Waals surface area (Å²) < 4.78 is 0. The molecule has 0 aliphatic carbocycles. The van der Waals surface area contributed by atoms with E-state index >= 15 is 0 Å². The standard InChI is InChI=1S/C22H22NO2P/c1-17(16-24)23-22(25)20-14-8-9-15-21(20)26(18-10-4-2-5-11-18)19-12-6-3-7-13-19/h2-15,17,24H,16H2,1H3,(H,23,25)/t17-/m0/s1. The van der Waals surface area contributed by atoms with Crippen molar-refractivity contribution >= 4 is 29.7 Å². The fraction of sp³-hybridized carbons (Fsp3) is 0.136. The van der Waals surface area contributed by atoms with Gasteiger partial charge in [-0.25, -0.2) is 0 Å². The van der Waals surface area contributed by atoms with Crippen molar-refractivity contribution in [2.24, 2.45) is 0 Å². The lowest BCUT2D eigenvalue weighted by molar-refractivity contribution is 0.0923. The van der Waals surface area contributed by atoms with E-state index in [-0.39, 0.29) is 18.6 Å². The molecular weight excluding hydrogens is 341 g/mol. The first-order chi connectivity index (χ1) is 12.7. The maximum Gasteiger partial charge on any atom is 0.252 e. The molecule has 0 fully saturated rings. The van der Waals surface area contributed by atoms with Crippen molar-refractivity contribution in [3.8, 4) is 0 Å². The van der Waals surface area contributed by atoms with Crippen LogP contribution in [0.25, 0.3) is 0 Å². The van der Waals surface area contributed by atoms with Crippen LogP contribution in [0.1, 0.15) is 17.3 Å². The number of benzene rings is 3. The number of carbonyl (C=O) groups is 1. The van der Waals surface area contributed by atoms with Gasteiger partial charge in [-0.2, -0.15) is 0 Å². The van der Waals surface area contributed by atoms with Crippen molar-refractivity contribution in [1.29, 1.82) is 0 Å². The Balaban J connectivity index is 2.10. The monoisotopic (exact) mass is 363 g/mol. The molecule has 3 nitrogen and oxygen atoms in total. The van der Waals surface area contributed by atoms with Gasteiger partial charge in [-0.05, 0) is 36.8 Å². The first-order valence-electron chi connectivity index (χ1n) is 8.61. The zero-order valence-corrected chi connectivity index (χ0v) is 15.6. The summed E-state index contributed by atoms with van der Waals surface area (Å²) in [7, 11) is -0.852. The van der Waals surface area contributed by atoms with Gasteiger partial charge in [-0.1, -0.05) is 78.9 Å². The van der Waals surface area contributed by atoms with Crippen LogP contribution in [0.15, 0.2) is 84.9 Å². The smallest absolute Gasteiger partial charge is 0.252 e. The van der Waals surface area contributed by atoms with Crippen LogP contribution in [0.3, 0.4) is 0 Å². The number of aliphatic hydroxyl groups is 1. The molecular formula is C22H22NO2P. The normalized spacial score (nSPS) is 12.0. The summed E-state index contributed by atoms with van der Waals surface area (Å²) in [4.78, 5) is 12.8. The third-order valence-electron chi connectivity index (χ3n) is 4.07. The third-order valence-corrected chi connectivity index (χ3v) is 6.57. The van der Waals surface area contributed by atoms with Crippen molar-refractivity contribution < 1.29 is 9.90 Å². The average molecular weight is 363 g/mol. The molecule has 1 atom stereocenters. The number of hydrogen-bond donors (Lipinski definition) is 2. The van der Waals surface area contributed by atoms with Crippen molar-refractivity contribution in [1.82, 2.24) is 5.32 Å². The topological polar surface area (TPSA) is 49.3 Å². The van der Waals surface area contributed by atoms with Gasteiger partial charge in [0.25, 0.3) is 5.91 Å². The van der Waals surface area contributed by atoms with E-state index in [0.717, 1.165) is 5.30 Å². The molecule has 26 heavy (non-hydrogen) atoms. The average Bonchev–Trinajstić information content (AvgIpc) is 2.70. The quantitative estimate of drug-likeness (QED) is 0.662. The predicted octanol–water partition coefficient (Wildman–Crippen LogP) is 2.56. The summed E-state index contributed by atoms with van der Waals surface area (Å²) in [6, 6.07) is 28.1. The molecule has 0 bridgehead atoms. The van der Waals surface area contributed by atoms with E-state index in [1.165, 1.54) is 10.6 Å². The molecule has 0 aliphatic rings. The maximum absolute atomic E-state index is 12.8. The van der Waals surface area contributed by atoms with Crippen molar-refractivity contribution in [3.05, 3.63) is 90.5 Å². The number of hydrogen-bond acceptors (Lipinski definition) is 2. The van der Waals surface area contributed by atoms with Gasteiger partial charge in [0.05, 0.1) is 6.61 Å². The summed E-state index contributed by atoms with van der Waals surface area (Å²) in [6.45, 7) is 1.71. The van der Waals surface area contributed by atoms with Gasteiger partial charge in [0.1, 0.15) is 0 Å². The number of nitrogens with one attached hydrogen (secondary N) is 1. The van der Waals surface area contributed by atoms with E-state index in [1.54, 1.807) is 6.92 Å². The van der Waals surface area contributed by atoms with Gasteiger partial charge in [-0.3, -0.25) is 4.79 Å². The van der Waals surface area contributed by atoms with E-state index in [4.69, 9.17) is 0 Å². The van der Waals surface area contributed by atoms with Crippen LogP contribution in [-0.2, 0) is 0 Å². The molecule has 0 radical (unpaired) electrons. The Labute approximate surface area is 155 Å². The van der Waals surface area contributed by atoms with Gasteiger partial charge < -0.3 is 10.4 Å². The van der Waals surface area contributed by atoms with E-state index in [1.807, 2.05) is 60.7 Å². The van der Waals surface area contributed by atoms with Crippen LogP contribution in [0, 0.1) is 0 Å². The van der Waals surface area contributed by atoms with Crippen molar-refractivity contribution in [2.45, 2.75) is 13.0 Å². The molecule has 0 aromatic heterocycles. The summed E-state index contributed by atoms with van der Waals surface area (Å²) in [5.74, 6) is -0.151. The van der Waals surface area contributed by atoms with Crippen molar-refractivity contribution in [3.63, 3.8) is 0 Å². The Morgan fingerprint density at radius 3 is 1.92 bits per heavy atom. The molecule has 0 heterocycles. The van der Waals surface area contributed by atoms with Gasteiger partial charge in [0.2, 0.25) is 0 Å². The first kappa shape index (κ1) is 18.3. The van der Waals surface area contributed by atoms with Gasteiger partial charge in [0, 0.05) is 11.6 Å². The van der Waals surface area contributed by atoms with Crippen LogP contribution in [0.4, 0.5) is 0 Å². The summed E-state index contributed by atoms with van der Waals surface area (Å²) >= 11 is 0. The Hall–Kier alpha value is -2.48. The molecule has 4 heteroatoms. The summed E-state index contributed by atoms with van der Waals surface area (Å²) in [5, 5.41) is 15.5. The zero-order valence-electron chi connectivity index (χ0n) is 14.7. The Bertz CT molecular complexity index is 813. The number of aliphatic hydroxyl groups excluding tert-OH is 1. The maximum atomic E-state index is 12.8. The molecule has 3 aromatic carbocycles. The number of carbonyl (C=O) groups excluding carboxylic acids is 1. The molecule has 3 aromatic rings. The molecule has 3 rings (SSSR count). The minimum Gasteiger partial charge on any atom is -0.394 e. The molecule has 2 N–H and O–H groups in total. The van der Waals surface area contributed by atoms with Crippen LogP contribution in [-0.4, -0.2) is 23.7 Å². The first-order valence-corrected chi connectivity index (χ1v) is 9.96. The van der Waals surface area contributed by atoms with Crippen LogP contribution in [0.2, 0.25) is 0 Å². The second-order valence-corrected chi connectivity index (χ2v) is 8.27. The lowest BCUT2D eigenvalue weighted by atomic mass is 10.2. The van der Waals surface area contributed by atoms with Crippen LogP contribution in [0.5, 0.6) is 0 Å². The molecule has 1 amide bonds. The highest BCUT2D eigenvalue weighted by Crippen LogP contribution is 2.33. The highest BCUT2D eigenvalue weighted by Gasteiger charge is 2.22. The van der Waals surface area contributed by atoms with Crippen molar-refractivity contribution in [2.75, 3.05) is 6.61 Å². The van der Waals surface area contributed by atoms with Gasteiger partial charge in [0.15, 0.2) is 0 Å². The highest BCUT2D eigenvalue weighted by atomic mass is 31.1. The molecule has 0 spiro atoms. The molecule has 0 saturated heterocycles. The van der Waals surface area contributed by atoms with E-state index < -0.39 is 7.92 Å². The summed E-state index contributed by atoms with van der Waals surface area (Å²) in [5.41, 5.74) is 0.659. The van der Waals surface area contributed by atoms with Crippen LogP contribution < -0.4 is 21.2 Å². The van der Waals surface area contributed by atoms with E-state index in [0.29, 0.717) is 5.56 Å². The second kappa shape index (κ2) is 8.75. The fourth-order valence-corrected chi connectivity index (χ4v) is 5.24. The highest BCUT2D eigenvalue weighted by molar-refractivity contribution is 7.80. The third kappa shape index (κ3) is 4.19. The largest absolute Gasteiger partial charge is 0.394 e. The minimum atomic E-state index is -0.852. The zero-order chi connectivity index (χ0) is 18.4. The second-order valence-electron chi connectivity index (χ2n) is 6.08. The van der Waals surface area contributed by atoms with Crippen LogP contribution >= 0.6 is 7.92 Å². The summed E-state index contributed by atoms with van der Waals surface area (Å²) in [6.07, 6.45) is 0. The molecule has 0 aliphatic heterocycles. The van der Waals surface area contributed by atoms with Gasteiger partial charge >= 0.3 is 0 Å². The Morgan fingerprint density at radius 2 is 1.38 bits per heavy atom. The molecule has 0 unspecified atom stereocenters. The molecule has 0 saturated carbocycles. The Morgan fingerprint density at radius 1 is 0.885 bits per heavy atom. The minimum absolute atomic E-state index is 0.0833. The van der Waals surface area contributed by atoms with E-state index in [9.17, 15) is 9.90 Å². The number of amides is 1. The SMILES string of the molecule is C[C@@H](CO)NC(=O)c1ccccc1P(c1ccccc1)c1ccccc1. The Kier molecular flexibility index (Phi) is 6.17. The fourth-order valence-electron chi connectivity index (χ4n) is 2.79. The predicted molar refractivity (Wildman–Crippen MR) is 109 cm³/mol. The lowest BCUT2D eigenvalue weighted by Crippen LogP contribution is -2.38. The number of rotatable bonds is 6. The lowest BCUT2D eigenvalue weighted by Gasteiger charge is -2.22. The van der Waals surface area contributed by atoms with Gasteiger partial charge in [-0.15, -0.1) is 0 Å².